The van der Waals surface area contributed by atoms with Gasteiger partial charge < -0.3 is 10.1 Å². The predicted molar refractivity (Wildman–Crippen MR) is 88.3 cm³/mol. The minimum absolute atomic E-state index is 0.167. The van der Waals surface area contributed by atoms with E-state index in [1.54, 1.807) is 0 Å². The Balaban J connectivity index is 1.89. The van der Waals surface area contributed by atoms with Crippen LogP contribution in [0.1, 0.15) is 45.2 Å². The van der Waals surface area contributed by atoms with Crippen LogP contribution in [0.25, 0.3) is 0 Å². The molecule has 1 aliphatic rings. The third-order valence-corrected chi connectivity index (χ3v) is 4.05. The number of nitrogens with zero attached hydrogens (tertiary/aromatic N) is 1. The van der Waals surface area contributed by atoms with Crippen LogP contribution in [-0.4, -0.2) is 36.2 Å². The van der Waals surface area contributed by atoms with Crippen LogP contribution in [0.5, 0.6) is 0 Å². The van der Waals surface area contributed by atoms with Crippen LogP contribution >= 0.6 is 0 Å². The normalized spacial score (nSPS) is 20.7. The van der Waals surface area contributed by atoms with Gasteiger partial charge in [0.1, 0.15) is 0 Å². The Labute approximate surface area is 129 Å². The molecule has 0 spiro atoms. The molecule has 3 heteroatoms. The van der Waals surface area contributed by atoms with Crippen molar-refractivity contribution >= 4 is 0 Å². The van der Waals surface area contributed by atoms with Gasteiger partial charge in [-0.1, -0.05) is 31.2 Å². The molecule has 1 fully saturated rings. The van der Waals surface area contributed by atoms with Gasteiger partial charge in [0.05, 0.1) is 13.2 Å². The first-order chi connectivity index (χ1) is 9.98. The van der Waals surface area contributed by atoms with Crippen LogP contribution in [-0.2, 0) is 17.8 Å². The van der Waals surface area contributed by atoms with Gasteiger partial charge in [-0.3, -0.25) is 4.90 Å². The van der Waals surface area contributed by atoms with Crippen LogP contribution in [0.2, 0.25) is 0 Å². The van der Waals surface area contributed by atoms with Crippen LogP contribution in [0, 0.1) is 0 Å². The summed E-state index contributed by atoms with van der Waals surface area (Å²) in [6, 6.07) is 9.59. The first-order valence-corrected chi connectivity index (χ1v) is 8.12. The van der Waals surface area contributed by atoms with E-state index in [0.29, 0.717) is 6.04 Å². The monoisotopic (exact) mass is 290 g/mol. The number of morpholine rings is 1. The molecule has 1 aromatic carbocycles. The highest BCUT2D eigenvalue weighted by molar-refractivity contribution is 5.22. The SMILES string of the molecule is CCC1COCCN1Cc1ccc(CNC(C)(C)C)cc1. The first kappa shape index (κ1) is 16.5. The molecular formula is C18H30N2O. The van der Waals surface area contributed by atoms with Gasteiger partial charge in [-0.15, -0.1) is 0 Å². The number of hydrogen-bond acceptors (Lipinski definition) is 3. The molecule has 0 aromatic heterocycles. The molecule has 1 N–H and O–H groups in total. The zero-order valence-electron chi connectivity index (χ0n) is 14.0. The fourth-order valence-corrected chi connectivity index (χ4v) is 2.64. The second-order valence-corrected chi connectivity index (χ2v) is 7.03. The Morgan fingerprint density at radius 2 is 1.86 bits per heavy atom. The Bertz CT molecular complexity index is 422. The van der Waals surface area contributed by atoms with E-state index in [-0.39, 0.29) is 5.54 Å². The van der Waals surface area contributed by atoms with Crippen LogP contribution in [0.3, 0.4) is 0 Å². The predicted octanol–water partition coefficient (Wildman–Crippen LogP) is 3.19. The lowest BCUT2D eigenvalue weighted by atomic mass is 10.1. The number of nitrogens with one attached hydrogen (secondary N) is 1. The lowest BCUT2D eigenvalue weighted by molar-refractivity contribution is -0.0127. The minimum atomic E-state index is 0.167. The zero-order chi connectivity index (χ0) is 15.3. The van der Waals surface area contributed by atoms with Crippen molar-refractivity contribution in [3.05, 3.63) is 35.4 Å². The number of ether oxygens (including phenoxy) is 1. The van der Waals surface area contributed by atoms with Gasteiger partial charge in [0, 0.05) is 31.2 Å². The van der Waals surface area contributed by atoms with E-state index in [9.17, 15) is 0 Å². The average Bonchev–Trinajstić information content (AvgIpc) is 2.46. The second kappa shape index (κ2) is 7.39. The lowest BCUT2D eigenvalue weighted by Gasteiger charge is -2.35. The fourth-order valence-electron chi connectivity index (χ4n) is 2.64. The Hall–Kier alpha value is -0.900. The van der Waals surface area contributed by atoms with Gasteiger partial charge >= 0.3 is 0 Å². The van der Waals surface area contributed by atoms with Gasteiger partial charge in [0.25, 0.3) is 0 Å². The molecular weight excluding hydrogens is 260 g/mol. The number of rotatable bonds is 5. The van der Waals surface area contributed by atoms with E-state index in [4.69, 9.17) is 4.74 Å². The van der Waals surface area contributed by atoms with Crippen LogP contribution in [0.4, 0.5) is 0 Å². The maximum Gasteiger partial charge on any atom is 0.0622 e. The summed E-state index contributed by atoms with van der Waals surface area (Å²) in [5.74, 6) is 0. The molecule has 1 saturated heterocycles. The molecule has 21 heavy (non-hydrogen) atoms. The number of hydrogen-bond donors (Lipinski definition) is 1. The van der Waals surface area contributed by atoms with Crippen molar-refractivity contribution in [2.75, 3.05) is 19.8 Å². The smallest absolute Gasteiger partial charge is 0.0622 e. The van der Waals surface area contributed by atoms with E-state index in [1.807, 2.05) is 0 Å². The molecule has 0 bridgehead atoms. The van der Waals surface area contributed by atoms with Crippen molar-refractivity contribution < 1.29 is 4.74 Å². The third-order valence-electron chi connectivity index (χ3n) is 4.05. The summed E-state index contributed by atoms with van der Waals surface area (Å²) in [4.78, 5) is 2.55. The quantitative estimate of drug-likeness (QED) is 0.901. The average molecular weight is 290 g/mol. The van der Waals surface area contributed by atoms with Crippen molar-refractivity contribution in [1.82, 2.24) is 10.2 Å². The third kappa shape index (κ3) is 5.42. The molecule has 1 atom stereocenters. The first-order valence-electron chi connectivity index (χ1n) is 8.12. The summed E-state index contributed by atoms with van der Waals surface area (Å²) >= 11 is 0. The van der Waals surface area contributed by atoms with Gasteiger partial charge in [-0.25, -0.2) is 0 Å². The maximum absolute atomic E-state index is 5.57. The summed E-state index contributed by atoms with van der Waals surface area (Å²) in [5, 5.41) is 3.53. The summed E-state index contributed by atoms with van der Waals surface area (Å²) in [6.45, 7) is 13.6. The number of benzene rings is 1. The van der Waals surface area contributed by atoms with Crippen molar-refractivity contribution in [3.8, 4) is 0 Å². The van der Waals surface area contributed by atoms with E-state index in [1.165, 1.54) is 11.1 Å². The highest BCUT2D eigenvalue weighted by Gasteiger charge is 2.21. The summed E-state index contributed by atoms with van der Waals surface area (Å²) < 4.78 is 5.57. The highest BCUT2D eigenvalue weighted by Crippen LogP contribution is 2.15. The summed E-state index contributed by atoms with van der Waals surface area (Å²) in [7, 11) is 0. The molecule has 1 aliphatic heterocycles. The molecule has 1 unspecified atom stereocenters. The fraction of sp³-hybridized carbons (Fsp3) is 0.667. The maximum atomic E-state index is 5.57. The molecule has 0 saturated carbocycles. The zero-order valence-corrected chi connectivity index (χ0v) is 14.0. The van der Waals surface area contributed by atoms with Crippen molar-refractivity contribution in [1.29, 1.82) is 0 Å². The topological polar surface area (TPSA) is 24.5 Å². The van der Waals surface area contributed by atoms with Gasteiger partial charge in [0.2, 0.25) is 0 Å². The van der Waals surface area contributed by atoms with Gasteiger partial charge in [-0.05, 0) is 38.3 Å². The molecule has 0 radical (unpaired) electrons. The molecule has 3 nitrogen and oxygen atoms in total. The van der Waals surface area contributed by atoms with Crippen LogP contribution in [0.15, 0.2) is 24.3 Å². The Morgan fingerprint density at radius 3 is 2.48 bits per heavy atom. The standard InChI is InChI=1S/C18H30N2O/c1-5-17-14-21-11-10-20(17)13-16-8-6-15(7-9-16)12-19-18(2,3)4/h6-9,17,19H,5,10-14H2,1-4H3. The lowest BCUT2D eigenvalue weighted by Crippen LogP contribution is -2.44. The molecule has 2 rings (SSSR count). The largest absolute Gasteiger partial charge is 0.378 e. The van der Waals surface area contributed by atoms with Crippen molar-refractivity contribution in [3.63, 3.8) is 0 Å². The summed E-state index contributed by atoms with van der Waals surface area (Å²) in [5.41, 5.74) is 2.92. The van der Waals surface area contributed by atoms with E-state index < -0.39 is 0 Å². The Morgan fingerprint density at radius 1 is 1.19 bits per heavy atom. The van der Waals surface area contributed by atoms with Gasteiger partial charge in [0.15, 0.2) is 0 Å². The highest BCUT2D eigenvalue weighted by atomic mass is 16.5. The van der Waals surface area contributed by atoms with E-state index in [0.717, 1.165) is 39.3 Å². The summed E-state index contributed by atoms with van der Waals surface area (Å²) in [6.07, 6.45) is 1.16. The molecule has 0 aliphatic carbocycles. The minimum Gasteiger partial charge on any atom is -0.378 e. The molecule has 0 amide bonds. The van der Waals surface area contributed by atoms with Gasteiger partial charge in [-0.2, -0.15) is 0 Å². The van der Waals surface area contributed by atoms with Crippen LogP contribution < -0.4 is 5.32 Å². The van der Waals surface area contributed by atoms with Crippen molar-refractivity contribution in [2.24, 2.45) is 0 Å². The van der Waals surface area contributed by atoms with E-state index in [2.05, 4.69) is 62.2 Å². The van der Waals surface area contributed by atoms with Crippen molar-refractivity contribution in [2.45, 2.75) is 58.8 Å². The molecule has 1 aromatic rings. The molecule has 1 heterocycles. The second-order valence-electron chi connectivity index (χ2n) is 7.03. The van der Waals surface area contributed by atoms with E-state index >= 15 is 0 Å². The Kier molecular flexibility index (Phi) is 5.80. The molecule has 118 valence electrons.